The Hall–Kier alpha value is -2.02. The molecule has 2 aromatic heterocycles. The predicted molar refractivity (Wildman–Crippen MR) is 64.9 cm³/mol. The summed E-state index contributed by atoms with van der Waals surface area (Å²) in [6.07, 6.45) is 5.06. The van der Waals surface area contributed by atoms with Crippen molar-refractivity contribution in [3.05, 3.63) is 42.0 Å². The van der Waals surface area contributed by atoms with Crippen LogP contribution in [0.15, 0.2) is 41.0 Å². The summed E-state index contributed by atoms with van der Waals surface area (Å²) in [5.74, 6) is 0.660. The minimum absolute atomic E-state index is 0.0145. The highest BCUT2D eigenvalue weighted by atomic mass is 32.2. The number of thioether (sulfide) groups is 1. The highest BCUT2D eigenvalue weighted by Crippen LogP contribution is 2.20. The fourth-order valence-corrected chi connectivity index (χ4v) is 2.12. The smallest absolute Gasteiger partial charge is 0.189 e. The molecule has 0 bridgehead atoms. The van der Waals surface area contributed by atoms with E-state index in [1.807, 2.05) is 12.1 Å². The molecule has 2 aromatic rings. The average Bonchev–Trinajstić information content (AvgIpc) is 2.89. The van der Waals surface area contributed by atoms with Crippen molar-refractivity contribution in [2.24, 2.45) is 10.9 Å². The molecule has 0 spiro atoms. The first-order valence-electron chi connectivity index (χ1n) is 4.85. The summed E-state index contributed by atoms with van der Waals surface area (Å²) < 4.78 is 0. The van der Waals surface area contributed by atoms with Crippen LogP contribution in [0.4, 0.5) is 0 Å². The van der Waals surface area contributed by atoms with Crippen LogP contribution in [0.3, 0.4) is 0 Å². The van der Waals surface area contributed by atoms with E-state index in [1.54, 1.807) is 18.6 Å². The molecule has 0 atom stereocenters. The summed E-state index contributed by atoms with van der Waals surface area (Å²) in [5.41, 5.74) is 6.94. The van der Waals surface area contributed by atoms with Crippen molar-refractivity contribution in [3.8, 4) is 0 Å². The summed E-state index contributed by atoms with van der Waals surface area (Å²) in [6.45, 7) is 0. The summed E-state index contributed by atoms with van der Waals surface area (Å²) >= 11 is 1.52. The van der Waals surface area contributed by atoms with E-state index in [0.717, 1.165) is 10.7 Å². The molecule has 0 aromatic carbocycles. The van der Waals surface area contributed by atoms with E-state index >= 15 is 0 Å². The molecule has 17 heavy (non-hydrogen) atoms. The van der Waals surface area contributed by atoms with Gasteiger partial charge < -0.3 is 15.9 Å². The van der Waals surface area contributed by atoms with Crippen molar-refractivity contribution >= 4 is 17.6 Å². The Morgan fingerprint density at radius 1 is 1.47 bits per heavy atom. The van der Waals surface area contributed by atoms with Crippen molar-refractivity contribution in [2.45, 2.75) is 10.9 Å². The molecule has 4 N–H and O–H groups in total. The van der Waals surface area contributed by atoms with E-state index in [-0.39, 0.29) is 5.84 Å². The second-order valence-corrected chi connectivity index (χ2v) is 4.14. The topological polar surface area (TPSA) is 100 Å². The van der Waals surface area contributed by atoms with Crippen molar-refractivity contribution < 1.29 is 5.21 Å². The van der Waals surface area contributed by atoms with Crippen molar-refractivity contribution in [1.82, 2.24) is 15.0 Å². The molecule has 88 valence electrons. The molecule has 0 aliphatic heterocycles. The largest absolute Gasteiger partial charge is 0.409 e. The fourth-order valence-electron chi connectivity index (χ4n) is 1.31. The summed E-state index contributed by atoms with van der Waals surface area (Å²) in [6, 6.07) is 3.70. The lowest BCUT2D eigenvalue weighted by atomic mass is 10.2. The van der Waals surface area contributed by atoms with Crippen LogP contribution >= 0.6 is 11.8 Å². The Morgan fingerprint density at radius 3 is 3.06 bits per heavy atom. The maximum Gasteiger partial charge on any atom is 0.189 e. The third kappa shape index (κ3) is 2.76. The Balaban J connectivity index is 2.15. The number of amidine groups is 1. The lowest BCUT2D eigenvalue weighted by Crippen LogP contribution is -2.17. The van der Waals surface area contributed by atoms with Gasteiger partial charge in [0, 0.05) is 24.3 Å². The summed E-state index contributed by atoms with van der Waals surface area (Å²) in [5, 5.41) is 12.4. The zero-order valence-electron chi connectivity index (χ0n) is 8.87. The van der Waals surface area contributed by atoms with Gasteiger partial charge in [-0.2, -0.15) is 0 Å². The van der Waals surface area contributed by atoms with Gasteiger partial charge in [0.1, 0.15) is 5.69 Å². The standard InChI is InChI=1S/C10H11N5OS/c11-9(15-16)8-7(2-1-3-12-8)6-17-10-13-4-5-14-10/h1-5,16H,6H2,(H2,11,15)(H,13,14). The van der Waals surface area contributed by atoms with E-state index in [9.17, 15) is 0 Å². The van der Waals surface area contributed by atoms with Gasteiger partial charge in [-0.15, -0.1) is 0 Å². The molecular formula is C10H11N5OS. The Morgan fingerprint density at radius 2 is 2.35 bits per heavy atom. The van der Waals surface area contributed by atoms with Crippen LogP contribution in [0, 0.1) is 0 Å². The van der Waals surface area contributed by atoms with E-state index in [0.29, 0.717) is 11.4 Å². The monoisotopic (exact) mass is 249 g/mol. The second-order valence-electron chi connectivity index (χ2n) is 3.18. The Labute approximate surface area is 102 Å². The van der Waals surface area contributed by atoms with Crippen LogP contribution in [0.5, 0.6) is 0 Å². The molecule has 0 saturated heterocycles. The zero-order valence-corrected chi connectivity index (χ0v) is 9.68. The van der Waals surface area contributed by atoms with Crippen LogP contribution < -0.4 is 5.73 Å². The van der Waals surface area contributed by atoms with Crippen molar-refractivity contribution in [3.63, 3.8) is 0 Å². The number of hydrogen-bond donors (Lipinski definition) is 3. The Kier molecular flexibility index (Phi) is 3.61. The first-order valence-corrected chi connectivity index (χ1v) is 5.84. The third-order valence-electron chi connectivity index (χ3n) is 2.08. The summed E-state index contributed by atoms with van der Waals surface area (Å²) in [7, 11) is 0. The van der Waals surface area contributed by atoms with E-state index in [4.69, 9.17) is 10.9 Å². The number of rotatable bonds is 4. The lowest BCUT2D eigenvalue weighted by molar-refractivity contribution is 0.318. The minimum Gasteiger partial charge on any atom is -0.409 e. The molecule has 0 amide bonds. The zero-order chi connectivity index (χ0) is 12.1. The van der Waals surface area contributed by atoms with Crippen molar-refractivity contribution in [1.29, 1.82) is 0 Å². The molecule has 7 heteroatoms. The molecular weight excluding hydrogens is 238 g/mol. The van der Waals surface area contributed by atoms with Gasteiger partial charge >= 0.3 is 0 Å². The number of nitrogens with two attached hydrogens (primary N) is 1. The van der Waals surface area contributed by atoms with Gasteiger partial charge in [-0.1, -0.05) is 23.0 Å². The average molecular weight is 249 g/mol. The first-order chi connectivity index (χ1) is 8.31. The molecule has 2 heterocycles. The van der Waals surface area contributed by atoms with Crippen LogP contribution in [0.1, 0.15) is 11.3 Å². The van der Waals surface area contributed by atoms with Gasteiger partial charge in [-0.05, 0) is 11.6 Å². The SMILES string of the molecule is N/C(=N/O)c1ncccc1CSc1ncc[nH]1. The molecule has 6 nitrogen and oxygen atoms in total. The third-order valence-corrected chi connectivity index (χ3v) is 3.03. The van der Waals surface area contributed by atoms with Crippen molar-refractivity contribution in [2.75, 3.05) is 0 Å². The van der Waals surface area contributed by atoms with Gasteiger partial charge in [-0.3, -0.25) is 4.98 Å². The van der Waals surface area contributed by atoms with Crippen LogP contribution in [0.2, 0.25) is 0 Å². The van der Waals surface area contributed by atoms with Crippen LogP contribution in [0.25, 0.3) is 0 Å². The second kappa shape index (κ2) is 5.35. The number of H-pyrrole nitrogens is 1. The maximum absolute atomic E-state index is 8.66. The Bertz CT molecular complexity index is 511. The molecule has 0 aliphatic rings. The molecule has 2 rings (SSSR count). The van der Waals surface area contributed by atoms with Gasteiger partial charge in [0.2, 0.25) is 0 Å². The van der Waals surface area contributed by atoms with E-state index < -0.39 is 0 Å². The maximum atomic E-state index is 8.66. The lowest BCUT2D eigenvalue weighted by Gasteiger charge is -2.05. The number of aromatic amines is 1. The van der Waals surface area contributed by atoms with Crippen LogP contribution in [-0.4, -0.2) is 26.0 Å². The number of nitrogens with zero attached hydrogens (tertiary/aromatic N) is 3. The fraction of sp³-hybridized carbons (Fsp3) is 0.100. The van der Waals surface area contributed by atoms with E-state index in [1.165, 1.54) is 11.8 Å². The van der Waals surface area contributed by atoms with Crippen LogP contribution in [-0.2, 0) is 5.75 Å². The minimum atomic E-state index is 0.0145. The van der Waals surface area contributed by atoms with Gasteiger partial charge in [0.25, 0.3) is 0 Å². The summed E-state index contributed by atoms with van der Waals surface area (Å²) in [4.78, 5) is 11.2. The molecule has 0 aliphatic carbocycles. The first kappa shape index (κ1) is 11.5. The highest BCUT2D eigenvalue weighted by Gasteiger charge is 2.08. The van der Waals surface area contributed by atoms with E-state index in [2.05, 4.69) is 20.1 Å². The number of hydrogen-bond acceptors (Lipinski definition) is 5. The molecule has 0 radical (unpaired) electrons. The normalized spacial score (nSPS) is 11.6. The van der Waals surface area contributed by atoms with Gasteiger partial charge in [-0.25, -0.2) is 4.98 Å². The number of pyridine rings is 1. The van der Waals surface area contributed by atoms with Gasteiger partial charge in [0.05, 0.1) is 0 Å². The molecule has 0 saturated carbocycles. The quantitative estimate of drug-likeness (QED) is 0.248. The molecule has 0 fully saturated rings. The number of aromatic nitrogens is 3. The highest BCUT2D eigenvalue weighted by molar-refractivity contribution is 7.98. The number of imidazole rings is 1. The number of nitrogens with one attached hydrogen (secondary N) is 1. The predicted octanol–water partition coefficient (Wildman–Crippen LogP) is 1.19. The molecule has 0 unspecified atom stereocenters. The number of oxime groups is 1. The van der Waals surface area contributed by atoms with Gasteiger partial charge in [0.15, 0.2) is 11.0 Å².